The van der Waals surface area contributed by atoms with Gasteiger partial charge in [-0.3, -0.25) is 4.79 Å². The fourth-order valence-corrected chi connectivity index (χ4v) is 3.81. The van der Waals surface area contributed by atoms with Gasteiger partial charge in [0.15, 0.2) is 17.1 Å². The second-order valence-corrected chi connectivity index (χ2v) is 8.36. The zero-order valence-electron chi connectivity index (χ0n) is 16.6. The van der Waals surface area contributed by atoms with Gasteiger partial charge in [0, 0.05) is 16.7 Å². The Bertz CT molecular complexity index is 958. The second-order valence-electron chi connectivity index (χ2n) is 6.50. The van der Waals surface area contributed by atoms with Crippen molar-refractivity contribution in [2.45, 2.75) is 38.6 Å². The number of carbonyl (C=O) groups is 1. The number of anilines is 1. The van der Waals surface area contributed by atoms with Crippen molar-refractivity contribution < 1.29 is 9.53 Å². The van der Waals surface area contributed by atoms with Crippen LogP contribution in [0, 0.1) is 6.92 Å². The van der Waals surface area contributed by atoms with E-state index in [-0.39, 0.29) is 17.8 Å². The third kappa shape index (κ3) is 5.83. The summed E-state index contributed by atoms with van der Waals surface area (Å²) in [6.45, 7) is 6.71. The molecule has 29 heavy (non-hydrogen) atoms. The Morgan fingerprint density at radius 2 is 1.86 bits per heavy atom. The molecule has 2 aromatic carbocycles. The van der Waals surface area contributed by atoms with Gasteiger partial charge >= 0.3 is 0 Å². The normalized spacial score (nSPS) is 11.9. The number of halogens is 1. The molecular weight excluding hydrogens is 452 g/mol. The minimum atomic E-state index is -0.254. The molecule has 0 aliphatic heterocycles. The quantitative estimate of drug-likeness (QED) is 0.452. The van der Waals surface area contributed by atoms with E-state index in [4.69, 9.17) is 4.74 Å². The first-order valence-corrected chi connectivity index (χ1v) is 11.1. The molecule has 1 atom stereocenters. The van der Waals surface area contributed by atoms with Gasteiger partial charge in [-0.15, -0.1) is 10.2 Å². The Hall–Kier alpha value is -2.32. The van der Waals surface area contributed by atoms with E-state index < -0.39 is 0 Å². The number of aromatic nitrogens is 3. The molecule has 0 fully saturated rings. The number of thioether (sulfide) groups is 1. The molecule has 0 aliphatic carbocycles. The number of hydrogen-bond donors (Lipinski definition) is 1. The Labute approximate surface area is 183 Å². The van der Waals surface area contributed by atoms with E-state index in [1.54, 1.807) is 0 Å². The van der Waals surface area contributed by atoms with Gasteiger partial charge in [0.2, 0.25) is 5.91 Å². The van der Waals surface area contributed by atoms with Crippen LogP contribution < -0.4 is 10.1 Å². The molecule has 1 aromatic heterocycles. The third-order valence-corrected chi connectivity index (χ3v) is 5.71. The van der Waals surface area contributed by atoms with E-state index in [9.17, 15) is 4.79 Å². The lowest BCUT2D eigenvalue weighted by atomic mass is 10.2. The van der Waals surface area contributed by atoms with Crippen molar-refractivity contribution in [2.75, 3.05) is 11.1 Å². The minimum Gasteiger partial charge on any atom is -0.483 e. The van der Waals surface area contributed by atoms with Gasteiger partial charge < -0.3 is 14.6 Å². The van der Waals surface area contributed by atoms with E-state index in [0.717, 1.165) is 21.7 Å². The van der Waals surface area contributed by atoms with Crippen LogP contribution >= 0.6 is 27.7 Å². The van der Waals surface area contributed by atoms with E-state index in [1.807, 2.05) is 73.9 Å². The number of hydrogen-bond acceptors (Lipinski definition) is 5. The first kappa shape index (κ1) is 21.4. The number of aryl methyl sites for hydroxylation is 1. The number of rotatable bonds is 8. The molecule has 0 saturated carbocycles. The summed E-state index contributed by atoms with van der Waals surface area (Å²) in [5, 5.41) is 12.1. The molecule has 0 saturated heterocycles. The Kier molecular flexibility index (Phi) is 7.33. The van der Waals surface area contributed by atoms with Crippen molar-refractivity contribution >= 4 is 39.3 Å². The summed E-state index contributed by atoms with van der Waals surface area (Å²) in [5.74, 6) is 1.69. The van der Waals surface area contributed by atoms with Crippen LogP contribution in [-0.2, 0) is 11.3 Å². The summed E-state index contributed by atoms with van der Waals surface area (Å²) in [6.07, 6.45) is -0.254. The lowest BCUT2D eigenvalue weighted by Crippen LogP contribution is -2.15. The third-order valence-electron chi connectivity index (χ3n) is 4.22. The summed E-state index contributed by atoms with van der Waals surface area (Å²) >= 11 is 4.74. The van der Waals surface area contributed by atoms with Crippen LogP contribution in [0.25, 0.3) is 0 Å². The molecule has 3 aromatic rings. The highest BCUT2D eigenvalue weighted by atomic mass is 79.9. The van der Waals surface area contributed by atoms with Crippen LogP contribution in [0.2, 0.25) is 0 Å². The molecule has 0 radical (unpaired) electrons. The Balaban J connectivity index is 1.61. The summed E-state index contributed by atoms with van der Waals surface area (Å²) in [4.78, 5) is 12.3. The van der Waals surface area contributed by atoms with Crippen LogP contribution in [-0.4, -0.2) is 26.4 Å². The van der Waals surface area contributed by atoms with Crippen molar-refractivity contribution in [1.29, 1.82) is 0 Å². The maximum Gasteiger partial charge on any atom is 0.234 e. The van der Waals surface area contributed by atoms with E-state index in [1.165, 1.54) is 17.3 Å². The second kappa shape index (κ2) is 9.93. The van der Waals surface area contributed by atoms with Crippen molar-refractivity contribution in [3.63, 3.8) is 0 Å². The topological polar surface area (TPSA) is 69.0 Å². The fraction of sp³-hybridized carbons (Fsp3) is 0.286. The van der Waals surface area contributed by atoms with Crippen LogP contribution in [0.15, 0.2) is 58.2 Å². The number of nitrogens with one attached hydrogen (secondary N) is 1. The number of amides is 1. The van der Waals surface area contributed by atoms with Crippen molar-refractivity contribution in [1.82, 2.24) is 14.8 Å². The minimum absolute atomic E-state index is 0.0894. The first-order chi connectivity index (χ1) is 14.0. The number of nitrogens with zero attached hydrogens (tertiary/aromatic N) is 3. The molecule has 8 heteroatoms. The van der Waals surface area contributed by atoms with E-state index in [2.05, 4.69) is 31.4 Å². The highest BCUT2D eigenvalue weighted by molar-refractivity contribution is 9.10. The van der Waals surface area contributed by atoms with Crippen LogP contribution in [0.4, 0.5) is 5.69 Å². The maximum atomic E-state index is 12.3. The zero-order chi connectivity index (χ0) is 20.8. The summed E-state index contributed by atoms with van der Waals surface area (Å²) < 4.78 is 8.96. The standard InChI is InChI=1S/C21H23BrN4O2S/c1-4-26-20(15(3)28-18-11-5-14(2)6-12-18)24-25-21(26)29-13-19(27)23-17-9-7-16(22)8-10-17/h5-12,15H,4,13H2,1-3H3,(H,23,27). The van der Waals surface area contributed by atoms with Crippen LogP contribution in [0.1, 0.15) is 31.3 Å². The lowest BCUT2D eigenvalue weighted by Gasteiger charge is -2.15. The molecule has 6 nitrogen and oxygen atoms in total. The monoisotopic (exact) mass is 474 g/mol. The molecule has 0 bridgehead atoms. The highest BCUT2D eigenvalue weighted by Gasteiger charge is 2.19. The zero-order valence-corrected chi connectivity index (χ0v) is 19.0. The van der Waals surface area contributed by atoms with Crippen molar-refractivity contribution in [3.05, 3.63) is 64.4 Å². The molecule has 152 valence electrons. The molecule has 1 unspecified atom stereocenters. The molecule has 1 heterocycles. The highest BCUT2D eigenvalue weighted by Crippen LogP contribution is 2.25. The number of ether oxygens (including phenoxy) is 1. The summed E-state index contributed by atoms with van der Waals surface area (Å²) in [7, 11) is 0. The van der Waals surface area contributed by atoms with Gasteiger partial charge in [-0.25, -0.2) is 0 Å². The van der Waals surface area contributed by atoms with Crippen molar-refractivity contribution in [3.8, 4) is 5.75 Å². The van der Waals surface area contributed by atoms with Gasteiger partial charge in [0.05, 0.1) is 5.75 Å². The van der Waals surface area contributed by atoms with Crippen molar-refractivity contribution in [2.24, 2.45) is 0 Å². The maximum absolute atomic E-state index is 12.3. The lowest BCUT2D eigenvalue weighted by molar-refractivity contribution is -0.113. The van der Waals surface area contributed by atoms with E-state index in [0.29, 0.717) is 11.7 Å². The summed E-state index contributed by atoms with van der Waals surface area (Å²) in [6, 6.07) is 15.4. The molecule has 3 rings (SSSR count). The summed E-state index contributed by atoms with van der Waals surface area (Å²) in [5.41, 5.74) is 1.94. The predicted molar refractivity (Wildman–Crippen MR) is 119 cm³/mol. The molecule has 0 spiro atoms. The van der Waals surface area contributed by atoms with Gasteiger partial charge in [-0.05, 0) is 57.2 Å². The molecule has 0 aliphatic rings. The van der Waals surface area contributed by atoms with Gasteiger partial charge in [-0.1, -0.05) is 45.4 Å². The molecule has 1 amide bonds. The van der Waals surface area contributed by atoms with Gasteiger partial charge in [0.25, 0.3) is 0 Å². The number of benzene rings is 2. The van der Waals surface area contributed by atoms with Crippen LogP contribution in [0.3, 0.4) is 0 Å². The number of carbonyl (C=O) groups excluding carboxylic acids is 1. The first-order valence-electron chi connectivity index (χ1n) is 9.31. The largest absolute Gasteiger partial charge is 0.483 e. The molecular formula is C21H23BrN4O2S. The average Bonchev–Trinajstić information content (AvgIpc) is 3.13. The van der Waals surface area contributed by atoms with Gasteiger partial charge in [-0.2, -0.15) is 0 Å². The predicted octanol–water partition coefficient (Wildman–Crippen LogP) is 5.24. The van der Waals surface area contributed by atoms with Crippen LogP contribution in [0.5, 0.6) is 5.75 Å². The van der Waals surface area contributed by atoms with E-state index >= 15 is 0 Å². The fourth-order valence-electron chi connectivity index (χ4n) is 2.74. The smallest absolute Gasteiger partial charge is 0.234 e. The Morgan fingerprint density at radius 3 is 2.52 bits per heavy atom. The molecule has 1 N–H and O–H groups in total. The average molecular weight is 475 g/mol. The van der Waals surface area contributed by atoms with Gasteiger partial charge in [0.1, 0.15) is 5.75 Å². The Morgan fingerprint density at radius 1 is 1.17 bits per heavy atom. The SMILES string of the molecule is CCn1c(SCC(=O)Nc2ccc(Br)cc2)nnc1C(C)Oc1ccc(C)cc1.